The van der Waals surface area contributed by atoms with Crippen LogP contribution in [0.15, 0.2) is 0 Å². The zero-order chi connectivity index (χ0) is 14.9. The van der Waals surface area contributed by atoms with Crippen molar-refractivity contribution in [1.82, 2.24) is 10.2 Å². The van der Waals surface area contributed by atoms with Crippen LogP contribution in [-0.2, 0) is 4.74 Å². The fourth-order valence-corrected chi connectivity index (χ4v) is 4.35. The lowest BCUT2D eigenvalue weighted by Crippen LogP contribution is -2.59. The van der Waals surface area contributed by atoms with E-state index in [0.29, 0.717) is 12.1 Å². The normalized spacial score (nSPS) is 42.1. The smallest absolute Gasteiger partial charge is 0.0777 e. The highest BCUT2D eigenvalue weighted by Crippen LogP contribution is 2.36. The van der Waals surface area contributed by atoms with Crippen LogP contribution >= 0.6 is 0 Å². The van der Waals surface area contributed by atoms with Crippen LogP contribution in [0.25, 0.3) is 0 Å². The molecule has 3 fully saturated rings. The molecule has 122 valence electrons. The van der Waals surface area contributed by atoms with Crippen molar-refractivity contribution < 1.29 is 9.84 Å². The Morgan fingerprint density at radius 2 is 2.05 bits per heavy atom. The third-order valence-electron chi connectivity index (χ3n) is 5.91. The number of ether oxygens (including phenoxy) is 1. The second kappa shape index (κ2) is 6.15. The summed E-state index contributed by atoms with van der Waals surface area (Å²) in [6.45, 7) is 4.76. The summed E-state index contributed by atoms with van der Waals surface area (Å²) in [4.78, 5) is 2.63. The fraction of sp³-hybridized carbons (Fsp3) is 1.00. The maximum Gasteiger partial charge on any atom is 0.0777 e. The summed E-state index contributed by atoms with van der Waals surface area (Å²) < 4.78 is 5.75. The highest BCUT2D eigenvalue weighted by atomic mass is 16.5. The molecule has 21 heavy (non-hydrogen) atoms. The monoisotopic (exact) mass is 296 g/mol. The Hall–Kier alpha value is -0.160. The Labute approximate surface area is 129 Å². The van der Waals surface area contributed by atoms with Crippen LogP contribution in [0.4, 0.5) is 0 Å². The Morgan fingerprint density at radius 3 is 2.71 bits per heavy atom. The zero-order valence-corrected chi connectivity index (χ0v) is 13.7. The van der Waals surface area contributed by atoms with E-state index < -0.39 is 0 Å². The summed E-state index contributed by atoms with van der Waals surface area (Å²) in [5, 5.41) is 13.7. The molecule has 2 saturated carbocycles. The van der Waals surface area contributed by atoms with Crippen molar-refractivity contribution in [2.75, 3.05) is 26.8 Å². The number of aliphatic hydroxyl groups is 1. The highest BCUT2D eigenvalue weighted by Gasteiger charge is 2.43. The summed E-state index contributed by atoms with van der Waals surface area (Å²) in [5.41, 5.74) is -0.00744. The van der Waals surface area contributed by atoms with Gasteiger partial charge in [-0.25, -0.2) is 0 Å². The molecular weight excluding hydrogens is 264 g/mol. The number of piperidine rings is 1. The first-order valence-corrected chi connectivity index (χ1v) is 8.76. The molecule has 0 spiro atoms. The van der Waals surface area contributed by atoms with E-state index in [9.17, 15) is 5.11 Å². The SMILES string of the molecule is COC1(C)CCCN(C2CCCC(CO)(NC3CC3)C2)C1. The molecule has 4 nitrogen and oxygen atoms in total. The number of likely N-dealkylation sites (tertiary alicyclic amines) is 1. The predicted octanol–water partition coefficient (Wildman–Crippen LogP) is 1.91. The van der Waals surface area contributed by atoms with Crippen LogP contribution in [0.1, 0.15) is 58.3 Å². The summed E-state index contributed by atoms with van der Waals surface area (Å²) in [7, 11) is 1.84. The maximum atomic E-state index is 9.98. The van der Waals surface area contributed by atoms with Gasteiger partial charge in [0.25, 0.3) is 0 Å². The van der Waals surface area contributed by atoms with Crippen LogP contribution in [0.2, 0.25) is 0 Å². The molecule has 0 radical (unpaired) electrons. The van der Waals surface area contributed by atoms with E-state index in [1.807, 2.05) is 7.11 Å². The quantitative estimate of drug-likeness (QED) is 0.813. The molecule has 3 unspecified atom stereocenters. The molecule has 3 rings (SSSR count). The van der Waals surface area contributed by atoms with Gasteiger partial charge in [0, 0.05) is 31.3 Å². The van der Waals surface area contributed by atoms with Crippen molar-refractivity contribution in [3.05, 3.63) is 0 Å². The first-order chi connectivity index (χ1) is 10.1. The van der Waals surface area contributed by atoms with E-state index >= 15 is 0 Å². The second-order valence-electron chi connectivity index (χ2n) is 7.84. The first-order valence-electron chi connectivity index (χ1n) is 8.76. The van der Waals surface area contributed by atoms with Crippen molar-refractivity contribution >= 4 is 0 Å². The molecule has 4 heteroatoms. The highest BCUT2D eigenvalue weighted by molar-refractivity contribution is 5.01. The van der Waals surface area contributed by atoms with Gasteiger partial charge in [0.2, 0.25) is 0 Å². The third-order valence-corrected chi connectivity index (χ3v) is 5.91. The van der Waals surface area contributed by atoms with E-state index in [2.05, 4.69) is 17.1 Å². The lowest BCUT2D eigenvalue weighted by molar-refractivity contribution is -0.0708. The lowest BCUT2D eigenvalue weighted by atomic mass is 9.77. The maximum absolute atomic E-state index is 9.98. The van der Waals surface area contributed by atoms with Gasteiger partial charge in [0.1, 0.15) is 0 Å². The van der Waals surface area contributed by atoms with Crippen molar-refractivity contribution in [3.8, 4) is 0 Å². The number of hydrogen-bond acceptors (Lipinski definition) is 4. The van der Waals surface area contributed by atoms with Gasteiger partial charge in [-0.2, -0.15) is 0 Å². The van der Waals surface area contributed by atoms with E-state index in [4.69, 9.17) is 4.74 Å². The van der Waals surface area contributed by atoms with Crippen molar-refractivity contribution in [1.29, 1.82) is 0 Å². The van der Waals surface area contributed by atoms with E-state index in [0.717, 1.165) is 25.8 Å². The molecule has 2 N–H and O–H groups in total. The number of hydrogen-bond donors (Lipinski definition) is 2. The number of nitrogens with one attached hydrogen (secondary N) is 1. The second-order valence-corrected chi connectivity index (χ2v) is 7.84. The van der Waals surface area contributed by atoms with Gasteiger partial charge < -0.3 is 15.2 Å². The van der Waals surface area contributed by atoms with Gasteiger partial charge >= 0.3 is 0 Å². The van der Waals surface area contributed by atoms with Crippen molar-refractivity contribution in [2.45, 2.75) is 81.5 Å². The summed E-state index contributed by atoms with van der Waals surface area (Å²) >= 11 is 0. The molecule has 3 aliphatic rings. The summed E-state index contributed by atoms with van der Waals surface area (Å²) in [6, 6.07) is 1.27. The molecule has 1 aliphatic heterocycles. The van der Waals surface area contributed by atoms with Gasteiger partial charge in [0.15, 0.2) is 0 Å². The molecule has 3 atom stereocenters. The molecular formula is C17H32N2O2. The average Bonchev–Trinajstić information content (AvgIpc) is 3.31. The fourth-order valence-electron chi connectivity index (χ4n) is 4.35. The molecule has 0 aromatic heterocycles. The van der Waals surface area contributed by atoms with Gasteiger partial charge in [-0.3, -0.25) is 4.90 Å². The number of aliphatic hydroxyl groups excluding tert-OH is 1. The minimum Gasteiger partial charge on any atom is -0.394 e. The first kappa shape index (κ1) is 15.7. The number of methoxy groups -OCH3 is 1. The van der Waals surface area contributed by atoms with Crippen LogP contribution in [-0.4, -0.2) is 60.0 Å². The minimum absolute atomic E-state index is 0.0154. The van der Waals surface area contributed by atoms with Gasteiger partial charge in [-0.05, 0) is 64.8 Å². The van der Waals surface area contributed by atoms with Gasteiger partial charge in [-0.1, -0.05) is 0 Å². The third kappa shape index (κ3) is 3.61. The molecule has 0 aromatic carbocycles. The largest absolute Gasteiger partial charge is 0.394 e. The molecule has 1 saturated heterocycles. The topological polar surface area (TPSA) is 44.7 Å². The van der Waals surface area contributed by atoms with Crippen LogP contribution in [0.3, 0.4) is 0 Å². The summed E-state index contributed by atoms with van der Waals surface area (Å²) in [5.74, 6) is 0. The molecule has 0 bridgehead atoms. The number of rotatable bonds is 5. The average molecular weight is 296 g/mol. The molecule has 1 heterocycles. The van der Waals surface area contributed by atoms with E-state index in [1.54, 1.807) is 0 Å². The summed E-state index contributed by atoms with van der Waals surface area (Å²) in [6.07, 6.45) is 9.70. The number of nitrogens with zero attached hydrogens (tertiary/aromatic N) is 1. The molecule has 0 amide bonds. The Bertz CT molecular complexity index is 361. The van der Waals surface area contributed by atoms with Gasteiger partial charge in [-0.15, -0.1) is 0 Å². The van der Waals surface area contributed by atoms with Crippen molar-refractivity contribution in [3.63, 3.8) is 0 Å². The van der Waals surface area contributed by atoms with Crippen LogP contribution in [0, 0.1) is 0 Å². The van der Waals surface area contributed by atoms with Crippen molar-refractivity contribution in [2.24, 2.45) is 0 Å². The van der Waals surface area contributed by atoms with Gasteiger partial charge in [0.05, 0.1) is 12.2 Å². The molecule has 0 aromatic rings. The molecule has 2 aliphatic carbocycles. The zero-order valence-electron chi connectivity index (χ0n) is 13.7. The predicted molar refractivity (Wildman–Crippen MR) is 84.5 cm³/mol. The lowest BCUT2D eigenvalue weighted by Gasteiger charge is -2.48. The Kier molecular flexibility index (Phi) is 4.60. The van der Waals surface area contributed by atoms with Crippen LogP contribution in [0.5, 0.6) is 0 Å². The van der Waals surface area contributed by atoms with Crippen LogP contribution < -0.4 is 5.32 Å². The Balaban J connectivity index is 1.64. The standard InChI is InChI=1S/C17H32N2O2/c1-16(21-2)8-4-10-19(12-16)15-5-3-9-17(11-15,13-20)18-14-6-7-14/h14-15,18,20H,3-13H2,1-2H3. The van der Waals surface area contributed by atoms with E-state index in [-0.39, 0.29) is 17.7 Å². The van der Waals surface area contributed by atoms with E-state index in [1.165, 1.54) is 38.6 Å². The minimum atomic E-state index is -0.0228. The Morgan fingerprint density at radius 1 is 1.24 bits per heavy atom.